The zero-order valence-corrected chi connectivity index (χ0v) is 24.0. The van der Waals surface area contributed by atoms with Crippen molar-refractivity contribution in [1.82, 2.24) is 34.7 Å². The molecule has 2 aromatic carbocycles. The number of hydrogen-bond donors (Lipinski definition) is 1. The Bertz CT molecular complexity index is 1560. The standard InChI is InChI=1S/C29H32BrN7O2/c1-4-6-11-27-31-25-16-24(30)26(18-38)32-29(25)36(27)17-20-12-14-21(15-13-20)22-9-7-8-10-23(22)28-33-34-35-37(28)19(3)39-5-2/h7-10,12-16,19,38H,4-6,11,17-18H2,1-3H3. The van der Waals surface area contributed by atoms with E-state index in [1.54, 1.807) is 4.68 Å². The number of nitrogens with zero attached hydrogens (tertiary/aromatic N) is 7. The summed E-state index contributed by atoms with van der Waals surface area (Å²) in [5, 5.41) is 22.2. The second-order valence-corrected chi connectivity index (χ2v) is 10.2. The second kappa shape index (κ2) is 12.1. The Labute approximate surface area is 236 Å². The highest BCUT2D eigenvalue weighted by atomic mass is 79.9. The summed E-state index contributed by atoms with van der Waals surface area (Å²) in [6.45, 7) is 7.15. The largest absolute Gasteiger partial charge is 0.390 e. The number of hydrogen-bond acceptors (Lipinski definition) is 7. The van der Waals surface area contributed by atoms with Crippen molar-refractivity contribution in [1.29, 1.82) is 0 Å². The fourth-order valence-electron chi connectivity index (χ4n) is 4.74. The first kappa shape index (κ1) is 27.1. The Morgan fingerprint density at radius 2 is 1.79 bits per heavy atom. The van der Waals surface area contributed by atoms with Crippen LogP contribution in [0.3, 0.4) is 0 Å². The molecule has 10 heteroatoms. The lowest BCUT2D eigenvalue weighted by Gasteiger charge is -2.15. The first-order chi connectivity index (χ1) is 19.0. The zero-order chi connectivity index (χ0) is 27.4. The van der Waals surface area contributed by atoms with Gasteiger partial charge in [0.15, 0.2) is 17.7 Å². The molecule has 0 fully saturated rings. The number of aliphatic hydroxyl groups excluding tert-OH is 1. The van der Waals surface area contributed by atoms with E-state index in [1.165, 1.54) is 0 Å². The number of aryl methyl sites for hydroxylation is 1. The number of tetrazole rings is 1. The maximum absolute atomic E-state index is 9.77. The maximum Gasteiger partial charge on any atom is 0.185 e. The van der Waals surface area contributed by atoms with Gasteiger partial charge in [0.05, 0.1) is 18.8 Å². The molecule has 0 spiro atoms. The molecule has 1 N–H and O–H groups in total. The molecule has 0 aliphatic heterocycles. The van der Waals surface area contributed by atoms with Gasteiger partial charge in [-0.2, -0.15) is 4.68 Å². The van der Waals surface area contributed by atoms with Crippen molar-refractivity contribution < 1.29 is 9.84 Å². The zero-order valence-electron chi connectivity index (χ0n) is 22.4. The average Bonchev–Trinajstić information content (AvgIpc) is 3.57. The third kappa shape index (κ3) is 5.63. The van der Waals surface area contributed by atoms with Crippen molar-refractivity contribution in [3.05, 3.63) is 76.2 Å². The lowest BCUT2D eigenvalue weighted by atomic mass is 9.98. The van der Waals surface area contributed by atoms with Crippen LogP contribution in [0.15, 0.2) is 59.1 Å². The number of pyridine rings is 1. The van der Waals surface area contributed by atoms with Crippen molar-refractivity contribution in [2.24, 2.45) is 0 Å². The van der Waals surface area contributed by atoms with Gasteiger partial charge in [-0.1, -0.05) is 61.9 Å². The molecule has 0 bridgehead atoms. The number of imidazole rings is 1. The Hall–Kier alpha value is -3.47. The van der Waals surface area contributed by atoms with Crippen LogP contribution in [0.1, 0.15) is 56.9 Å². The molecular formula is C29H32BrN7O2. The molecule has 3 aromatic heterocycles. The monoisotopic (exact) mass is 589 g/mol. The molecule has 0 saturated carbocycles. The van der Waals surface area contributed by atoms with Crippen LogP contribution in [0.2, 0.25) is 0 Å². The van der Waals surface area contributed by atoms with E-state index < -0.39 is 0 Å². The summed E-state index contributed by atoms with van der Waals surface area (Å²) in [7, 11) is 0. The van der Waals surface area contributed by atoms with E-state index in [-0.39, 0.29) is 12.8 Å². The van der Waals surface area contributed by atoms with Crippen molar-refractivity contribution in [2.75, 3.05) is 6.61 Å². The van der Waals surface area contributed by atoms with Crippen LogP contribution in [-0.2, 0) is 24.3 Å². The third-order valence-electron chi connectivity index (χ3n) is 6.75. The van der Waals surface area contributed by atoms with Gasteiger partial charge in [0.1, 0.15) is 11.3 Å². The van der Waals surface area contributed by atoms with Crippen LogP contribution >= 0.6 is 15.9 Å². The van der Waals surface area contributed by atoms with Gasteiger partial charge in [-0.3, -0.25) is 0 Å². The molecule has 0 saturated heterocycles. The fourth-order valence-corrected chi connectivity index (χ4v) is 5.17. The van der Waals surface area contributed by atoms with Crippen LogP contribution in [0.25, 0.3) is 33.7 Å². The van der Waals surface area contributed by atoms with Crippen LogP contribution in [0.5, 0.6) is 0 Å². The summed E-state index contributed by atoms with van der Waals surface area (Å²) in [6.07, 6.45) is 2.74. The van der Waals surface area contributed by atoms with Gasteiger partial charge in [0.25, 0.3) is 0 Å². The molecule has 1 unspecified atom stereocenters. The minimum absolute atomic E-state index is 0.132. The molecule has 3 heterocycles. The normalized spacial score (nSPS) is 12.3. The van der Waals surface area contributed by atoms with Gasteiger partial charge < -0.3 is 14.4 Å². The topological polar surface area (TPSA) is 104 Å². The highest BCUT2D eigenvalue weighted by molar-refractivity contribution is 9.10. The Morgan fingerprint density at radius 1 is 1.03 bits per heavy atom. The number of fused-ring (bicyclic) bond motifs is 1. The molecule has 5 aromatic rings. The second-order valence-electron chi connectivity index (χ2n) is 9.38. The highest BCUT2D eigenvalue weighted by Gasteiger charge is 2.19. The molecule has 202 valence electrons. The van der Waals surface area contributed by atoms with Crippen molar-refractivity contribution in [2.45, 2.75) is 59.4 Å². The van der Waals surface area contributed by atoms with E-state index >= 15 is 0 Å². The number of benzene rings is 2. The summed E-state index contributed by atoms with van der Waals surface area (Å²) < 4.78 is 10.4. The predicted molar refractivity (Wildman–Crippen MR) is 154 cm³/mol. The van der Waals surface area contributed by atoms with Gasteiger partial charge in [-0.15, -0.1) is 5.10 Å². The molecule has 0 aliphatic rings. The summed E-state index contributed by atoms with van der Waals surface area (Å²) in [5.41, 5.74) is 6.42. The van der Waals surface area contributed by atoms with Crippen LogP contribution < -0.4 is 0 Å². The lowest BCUT2D eigenvalue weighted by molar-refractivity contribution is 0.0159. The van der Waals surface area contributed by atoms with E-state index in [1.807, 2.05) is 38.1 Å². The molecular weight excluding hydrogens is 558 g/mol. The molecule has 0 aliphatic carbocycles. The Morgan fingerprint density at radius 3 is 2.51 bits per heavy atom. The van der Waals surface area contributed by atoms with Gasteiger partial charge in [-0.05, 0) is 69.4 Å². The Balaban J connectivity index is 1.48. The summed E-state index contributed by atoms with van der Waals surface area (Å²) in [6, 6.07) is 18.6. The van der Waals surface area contributed by atoms with Gasteiger partial charge in [-0.25, -0.2) is 9.97 Å². The molecule has 1 atom stereocenters. The SMILES string of the molecule is CCCCc1nc2cc(Br)c(CO)nc2n1Cc1ccc(-c2ccccc2-c2nnnn2C(C)OCC)cc1. The Kier molecular flexibility index (Phi) is 8.44. The number of ether oxygens (including phenoxy) is 1. The van der Waals surface area contributed by atoms with E-state index in [9.17, 15) is 5.11 Å². The summed E-state index contributed by atoms with van der Waals surface area (Å²) >= 11 is 3.51. The highest BCUT2D eigenvalue weighted by Crippen LogP contribution is 2.32. The molecule has 5 rings (SSSR count). The summed E-state index contributed by atoms with van der Waals surface area (Å²) in [4.78, 5) is 9.61. The number of rotatable bonds is 11. The predicted octanol–water partition coefficient (Wildman–Crippen LogP) is 5.95. The van der Waals surface area contributed by atoms with Crippen LogP contribution in [0.4, 0.5) is 0 Å². The smallest absolute Gasteiger partial charge is 0.185 e. The quantitative estimate of drug-likeness (QED) is 0.203. The van der Waals surface area contributed by atoms with E-state index in [4.69, 9.17) is 14.7 Å². The number of aliphatic hydroxyl groups is 1. The van der Waals surface area contributed by atoms with Crippen molar-refractivity contribution in [3.63, 3.8) is 0 Å². The minimum Gasteiger partial charge on any atom is -0.390 e. The number of halogens is 1. The molecule has 39 heavy (non-hydrogen) atoms. The summed E-state index contributed by atoms with van der Waals surface area (Å²) in [5.74, 6) is 1.67. The van der Waals surface area contributed by atoms with Crippen molar-refractivity contribution in [3.8, 4) is 22.5 Å². The van der Waals surface area contributed by atoms with Crippen LogP contribution in [0, 0.1) is 0 Å². The average molecular weight is 591 g/mol. The molecule has 9 nitrogen and oxygen atoms in total. The maximum atomic E-state index is 9.77. The van der Waals surface area contributed by atoms with E-state index in [2.05, 4.69) is 73.3 Å². The number of aromatic nitrogens is 7. The van der Waals surface area contributed by atoms with E-state index in [0.29, 0.717) is 24.7 Å². The van der Waals surface area contributed by atoms with E-state index in [0.717, 1.165) is 63.0 Å². The van der Waals surface area contributed by atoms with Gasteiger partial charge >= 0.3 is 0 Å². The minimum atomic E-state index is -0.275. The van der Waals surface area contributed by atoms with Gasteiger partial charge in [0.2, 0.25) is 0 Å². The third-order valence-corrected chi connectivity index (χ3v) is 7.43. The fraction of sp³-hybridized carbons (Fsp3) is 0.345. The first-order valence-corrected chi connectivity index (χ1v) is 14.1. The van der Waals surface area contributed by atoms with Gasteiger partial charge in [0, 0.05) is 23.1 Å². The lowest BCUT2D eigenvalue weighted by Crippen LogP contribution is -2.12. The molecule has 0 radical (unpaired) electrons. The number of unbranched alkanes of at least 4 members (excludes halogenated alkanes) is 1. The molecule has 0 amide bonds. The first-order valence-electron chi connectivity index (χ1n) is 13.3. The van der Waals surface area contributed by atoms with Crippen molar-refractivity contribution >= 4 is 27.1 Å². The van der Waals surface area contributed by atoms with Crippen LogP contribution in [-0.4, -0.2) is 46.5 Å².